The predicted octanol–water partition coefficient (Wildman–Crippen LogP) is 0.504. The maximum atomic E-state index is 3.83. The van der Waals surface area contributed by atoms with E-state index in [-0.39, 0.29) is 0 Å². The molecule has 1 N–H and O–H groups in total. The van der Waals surface area contributed by atoms with Crippen LogP contribution in [0.5, 0.6) is 0 Å². The Labute approximate surface area is 63.6 Å². The lowest BCUT2D eigenvalue weighted by Crippen LogP contribution is -2.33. The van der Waals surface area contributed by atoms with E-state index >= 15 is 0 Å². The topological polar surface area (TPSA) is 15.3 Å². The number of hydrogen-bond acceptors (Lipinski definition) is 2. The van der Waals surface area contributed by atoms with Crippen molar-refractivity contribution in [1.82, 2.24) is 10.2 Å². The van der Waals surface area contributed by atoms with E-state index in [2.05, 4.69) is 24.2 Å². The molecule has 2 heteroatoms. The third-order valence-electron chi connectivity index (χ3n) is 2.17. The summed E-state index contributed by atoms with van der Waals surface area (Å²) in [4.78, 5) is 2.40. The van der Waals surface area contributed by atoms with Crippen LogP contribution in [0.25, 0.3) is 0 Å². The molecule has 1 heterocycles. The van der Waals surface area contributed by atoms with E-state index in [4.69, 9.17) is 0 Å². The molecule has 2 nitrogen and oxygen atoms in total. The second kappa shape index (κ2) is 3.94. The van der Waals surface area contributed by atoms with Gasteiger partial charge in [0.1, 0.15) is 0 Å². The van der Waals surface area contributed by atoms with E-state index in [1.165, 1.54) is 13.0 Å². The van der Waals surface area contributed by atoms with Crippen molar-refractivity contribution in [2.45, 2.75) is 18.9 Å². The second-order valence-corrected chi connectivity index (χ2v) is 2.98. The standard InChI is InChI=1S/C8H17N2/c1-3-6-10(2)8-4-5-9-7-8/h8-9H,1,3-7H2,2H3. The molecule has 1 saturated heterocycles. The summed E-state index contributed by atoms with van der Waals surface area (Å²) in [5.74, 6) is 0. The van der Waals surface area contributed by atoms with Crippen LogP contribution < -0.4 is 5.32 Å². The molecular weight excluding hydrogens is 124 g/mol. The number of hydrogen-bond donors (Lipinski definition) is 1. The number of likely N-dealkylation sites (N-methyl/N-ethyl adjacent to an activating group) is 1. The summed E-state index contributed by atoms with van der Waals surface area (Å²) in [6.45, 7) is 7.32. The van der Waals surface area contributed by atoms with Crippen molar-refractivity contribution in [3.8, 4) is 0 Å². The van der Waals surface area contributed by atoms with Gasteiger partial charge in [0.05, 0.1) is 0 Å². The Morgan fingerprint density at radius 3 is 3.00 bits per heavy atom. The van der Waals surface area contributed by atoms with E-state index in [0.29, 0.717) is 0 Å². The van der Waals surface area contributed by atoms with Gasteiger partial charge in [-0.05, 0) is 33.0 Å². The van der Waals surface area contributed by atoms with Gasteiger partial charge in [-0.1, -0.05) is 6.92 Å². The lowest BCUT2D eigenvalue weighted by atomic mass is 10.2. The molecule has 0 bridgehead atoms. The largest absolute Gasteiger partial charge is 0.315 e. The first kappa shape index (κ1) is 8.02. The van der Waals surface area contributed by atoms with Crippen LogP contribution in [0.4, 0.5) is 0 Å². The molecule has 0 aromatic rings. The molecule has 1 atom stereocenters. The molecule has 1 aliphatic heterocycles. The Morgan fingerprint density at radius 1 is 1.70 bits per heavy atom. The number of rotatable bonds is 3. The summed E-state index contributed by atoms with van der Waals surface area (Å²) in [6, 6.07) is 0.766. The third kappa shape index (κ3) is 1.96. The van der Waals surface area contributed by atoms with Gasteiger partial charge in [-0.15, -0.1) is 0 Å². The highest BCUT2D eigenvalue weighted by Gasteiger charge is 2.17. The van der Waals surface area contributed by atoms with Gasteiger partial charge in [0.25, 0.3) is 0 Å². The minimum Gasteiger partial charge on any atom is -0.315 e. The molecule has 0 aliphatic carbocycles. The van der Waals surface area contributed by atoms with Gasteiger partial charge < -0.3 is 10.2 Å². The maximum absolute atomic E-state index is 3.83. The van der Waals surface area contributed by atoms with Gasteiger partial charge in [0.15, 0.2) is 0 Å². The Bertz CT molecular complexity index is 87.3. The summed E-state index contributed by atoms with van der Waals surface area (Å²) < 4.78 is 0. The molecule has 59 valence electrons. The second-order valence-electron chi connectivity index (χ2n) is 2.98. The molecule has 1 rings (SSSR count). The highest BCUT2D eigenvalue weighted by Crippen LogP contribution is 2.05. The fourth-order valence-corrected chi connectivity index (χ4v) is 1.45. The molecule has 1 fully saturated rings. The van der Waals surface area contributed by atoms with Crippen molar-refractivity contribution in [2.75, 3.05) is 26.7 Å². The van der Waals surface area contributed by atoms with Crippen molar-refractivity contribution in [3.05, 3.63) is 6.92 Å². The Hall–Kier alpha value is -0.0800. The summed E-state index contributed by atoms with van der Waals surface area (Å²) >= 11 is 0. The maximum Gasteiger partial charge on any atom is 0.0229 e. The molecule has 0 aromatic carbocycles. The van der Waals surface area contributed by atoms with Gasteiger partial charge in [-0.2, -0.15) is 0 Å². The van der Waals surface area contributed by atoms with Crippen molar-refractivity contribution in [2.24, 2.45) is 0 Å². The highest BCUT2D eigenvalue weighted by atomic mass is 15.2. The molecule has 10 heavy (non-hydrogen) atoms. The van der Waals surface area contributed by atoms with Crippen LogP contribution in [-0.2, 0) is 0 Å². The van der Waals surface area contributed by atoms with Crippen LogP contribution in [-0.4, -0.2) is 37.6 Å². The van der Waals surface area contributed by atoms with Crippen LogP contribution in [0.2, 0.25) is 0 Å². The van der Waals surface area contributed by atoms with Gasteiger partial charge >= 0.3 is 0 Å². The van der Waals surface area contributed by atoms with Crippen molar-refractivity contribution in [3.63, 3.8) is 0 Å². The molecule has 1 unspecified atom stereocenters. The third-order valence-corrected chi connectivity index (χ3v) is 2.17. The lowest BCUT2D eigenvalue weighted by molar-refractivity contribution is 0.261. The van der Waals surface area contributed by atoms with Crippen LogP contribution in [0.15, 0.2) is 0 Å². The van der Waals surface area contributed by atoms with Gasteiger partial charge in [-0.25, -0.2) is 0 Å². The average Bonchev–Trinajstić information content (AvgIpc) is 2.38. The average molecular weight is 141 g/mol. The molecule has 0 amide bonds. The quantitative estimate of drug-likeness (QED) is 0.616. The zero-order chi connectivity index (χ0) is 7.40. The minimum atomic E-state index is 0.766. The monoisotopic (exact) mass is 141 g/mol. The molecule has 1 radical (unpaired) electrons. The first-order valence-electron chi connectivity index (χ1n) is 4.05. The Balaban J connectivity index is 2.18. The predicted molar refractivity (Wildman–Crippen MR) is 43.9 cm³/mol. The zero-order valence-electron chi connectivity index (χ0n) is 6.77. The normalized spacial score (nSPS) is 26.1. The smallest absolute Gasteiger partial charge is 0.0229 e. The number of nitrogens with zero attached hydrogens (tertiary/aromatic N) is 1. The molecule has 0 aromatic heterocycles. The van der Waals surface area contributed by atoms with Crippen molar-refractivity contribution in [1.29, 1.82) is 0 Å². The first-order chi connectivity index (χ1) is 4.84. The van der Waals surface area contributed by atoms with E-state index in [1.807, 2.05) is 0 Å². The zero-order valence-corrected chi connectivity index (χ0v) is 6.77. The summed E-state index contributed by atoms with van der Waals surface area (Å²) in [7, 11) is 2.18. The van der Waals surface area contributed by atoms with Gasteiger partial charge in [0.2, 0.25) is 0 Å². The van der Waals surface area contributed by atoms with Crippen LogP contribution in [0.3, 0.4) is 0 Å². The summed E-state index contributed by atoms with van der Waals surface area (Å²) in [5.41, 5.74) is 0. The molecule has 0 spiro atoms. The summed E-state index contributed by atoms with van der Waals surface area (Å²) in [5, 5.41) is 3.35. The van der Waals surface area contributed by atoms with Gasteiger partial charge in [-0.3, -0.25) is 0 Å². The number of nitrogens with one attached hydrogen (secondary N) is 1. The van der Waals surface area contributed by atoms with Crippen LogP contribution in [0, 0.1) is 6.92 Å². The van der Waals surface area contributed by atoms with E-state index in [0.717, 1.165) is 25.6 Å². The molecule has 1 aliphatic rings. The van der Waals surface area contributed by atoms with Crippen LogP contribution >= 0.6 is 0 Å². The van der Waals surface area contributed by atoms with Crippen LogP contribution in [0.1, 0.15) is 12.8 Å². The SMILES string of the molecule is [CH2]CCN(C)C1CCNC1. The van der Waals surface area contributed by atoms with Gasteiger partial charge in [0, 0.05) is 12.6 Å². The molecular formula is C8H17N2. The fraction of sp³-hybridized carbons (Fsp3) is 0.875. The summed E-state index contributed by atoms with van der Waals surface area (Å²) in [6.07, 6.45) is 2.32. The minimum absolute atomic E-state index is 0.766. The molecule has 0 saturated carbocycles. The van der Waals surface area contributed by atoms with E-state index in [1.54, 1.807) is 0 Å². The first-order valence-corrected chi connectivity index (χ1v) is 4.05. The van der Waals surface area contributed by atoms with E-state index in [9.17, 15) is 0 Å². The highest BCUT2D eigenvalue weighted by molar-refractivity contribution is 4.78. The van der Waals surface area contributed by atoms with Crippen molar-refractivity contribution >= 4 is 0 Å². The van der Waals surface area contributed by atoms with Crippen molar-refractivity contribution < 1.29 is 0 Å². The Morgan fingerprint density at radius 2 is 2.50 bits per heavy atom. The Kier molecular flexibility index (Phi) is 3.16. The van der Waals surface area contributed by atoms with E-state index < -0.39 is 0 Å². The lowest BCUT2D eigenvalue weighted by Gasteiger charge is -2.22. The fourth-order valence-electron chi connectivity index (χ4n) is 1.45.